The molecule has 21 heavy (non-hydrogen) atoms. The predicted octanol–water partition coefficient (Wildman–Crippen LogP) is 5.47. The molecular formula is C17H17BrClNO. The maximum Gasteiger partial charge on any atom is 0.121 e. The molecule has 0 heterocycles. The van der Waals surface area contributed by atoms with Gasteiger partial charge in [0.2, 0.25) is 0 Å². The summed E-state index contributed by atoms with van der Waals surface area (Å²) in [5.41, 5.74) is 2.35. The van der Waals surface area contributed by atoms with Crippen molar-refractivity contribution in [2.45, 2.75) is 24.8 Å². The minimum Gasteiger partial charge on any atom is -0.497 e. The molecule has 0 amide bonds. The highest BCUT2D eigenvalue weighted by molar-refractivity contribution is 9.10. The molecule has 110 valence electrons. The zero-order valence-corrected chi connectivity index (χ0v) is 14.1. The van der Waals surface area contributed by atoms with Gasteiger partial charge in [-0.1, -0.05) is 45.7 Å². The van der Waals surface area contributed by atoms with Gasteiger partial charge in [0.1, 0.15) is 5.75 Å². The number of rotatable bonds is 4. The summed E-state index contributed by atoms with van der Waals surface area (Å²) < 4.78 is 6.45. The van der Waals surface area contributed by atoms with Crippen LogP contribution < -0.4 is 10.1 Å². The van der Waals surface area contributed by atoms with Gasteiger partial charge in [-0.15, -0.1) is 0 Å². The normalized spacial score (nSPS) is 20.7. The van der Waals surface area contributed by atoms with Gasteiger partial charge < -0.3 is 10.1 Å². The Bertz CT molecular complexity index is 640. The monoisotopic (exact) mass is 365 g/mol. The lowest BCUT2D eigenvalue weighted by atomic mass is 9.76. The number of ether oxygens (including phenoxy) is 1. The van der Waals surface area contributed by atoms with Crippen LogP contribution in [-0.2, 0) is 0 Å². The molecule has 0 bridgehead atoms. The number of hydrogen-bond acceptors (Lipinski definition) is 2. The van der Waals surface area contributed by atoms with E-state index in [9.17, 15) is 0 Å². The van der Waals surface area contributed by atoms with Crippen LogP contribution in [0.1, 0.15) is 24.3 Å². The Labute approximate surface area is 138 Å². The molecule has 0 radical (unpaired) electrons. The lowest BCUT2D eigenvalue weighted by Gasteiger charge is -2.37. The van der Waals surface area contributed by atoms with Gasteiger partial charge in [-0.3, -0.25) is 0 Å². The molecule has 2 nitrogen and oxygen atoms in total. The van der Waals surface area contributed by atoms with Crippen molar-refractivity contribution in [3.8, 4) is 5.75 Å². The van der Waals surface area contributed by atoms with Gasteiger partial charge in [-0.2, -0.15) is 0 Å². The van der Waals surface area contributed by atoms with Crippen LogP contribution >= 0.6 is 27.5 Å². The Morgan fingerprint density at radius 3 is 2.67 bits per heavy atom. The molecule has 4 heteroatoms. The first-order chi connectivity index (χ1) is 10.2. The zero-order chi connectivity index (χ0) is 14.8. The second-order valence-electron chi connectivity index (χ2n) is 5.38. The Balaban J connectivity index is 1.64. The Hall–Kier alpha value is -1.19. The lowest BCUT2D eigenvalue weighted by Crippen LogP contribution is -2.34. The van der Waals surface area contributed by atoms with Crippen LogP contribution in [0, 0.1) is 0 Å². The first kappa shape index (κ1) is 14.7. The molecule has 1 saturated carbocycles. The van der Waals surface area contributed by atoms with Crippen LogP contribution in [0.2, 0.25) is 5.02 Å². The average molecular weight is 367 g/mol. The van der Waals surface area contributed by atoms with E-state index in [1.54, 1.807) is 7.11 Å². The highest BCUT2D eigenvalue weighted by Gasteiger charge is 2.31. The van der Waals surface area contributed by atoms with Crippen molar-refractivity contribution in [1.82, 2.24) is 0 Å². The molecule has 1 aliphatic rings. The van der Waals surface area contributed by atoms with E-state index in [1.807, 2.05) is 18.2 Å². The van der Waals surface area contributed by atoms with E-state index >= 15 is 0 Å². The van der Waals surface area contributed by atoms with Crippen LogP contribution in [0.25, 0.3) is 0 Å². The lowest BCUT2D eigenvalue weighted by molar-refractivity contribution is 0.372. The van der Waals surface area contributed by atoms with Crippen LogP contribution in [-0.4, -0.2) is 13.2 Å². The fourth-order valence-electron chi connectivity index (χ4n) is 2.76. The van der Waals surface area contributed by atoms with Gasteiger partial charge in [0, 0.05) is 16.6 Å². The predicted molar refractivity (Wildman–Crippen MR) is 91.5 cm³/mol. The molecule has 0 saturated heterocycles. The molecule has 0 aromatic heterocycles. The van der Waals surface area contributed by atoms with Crippen molar-refractivity contribution in [3.05, 3.63) is 57.5 Å². The third-order valence-corrected chi connectivity index (χ3v) is 5.07. The Morgan fingerprint density at radius 1 is 1.19 bits per heavy atom. The number of nitrogens with one attached hydrogen (secondary N) is 1. The summed E-state index contributed by atoms with van der Waals surface area (Å²) in [4.78, 5) is 0. The van der Waals surface area contributed by atoms with E-state index < -0.39 is 0 Å². The van der Waals surface area contributed by atoms with Crippen molar-refractivity contribution < 1.29 is 4.74 Å². The van der Waals surface area contributed by atoms with E-state index in [-0.39, 0.29) is 0 Å². The fraction of sp³-hybridized carbons (Fsp3) is 0.294. The molecule has 0 spiro atoms. The largest absolute Gasteiger partial charge is 0.497 e. The standard InChI is InChI=1S/C17H17BrClNO/c1-21-13-6-7-16(19)17(10-13)20-12-8-11(9-12)14-4-2-3-5-15(14)18/h2-7,10-12,20H,8-9H2,1H3. The summed E-state index contributed by atoms with van der Waals surface area (Å²) in [6, 6.07) is 14.6. The van der Waals surface area contributed by atoms with E-state index in [2.05, 4.69) is 45.5 Å². The quantitative estimate of drug-likeness (QED) is 0.774. The van der Waals surface area contributed by atoms with Crippen LogP contribution in [0.5, 0.6) is 5.75 Å². The smallest absolute Gasteiger partial charge is 0.121 e. The van der Waals surface area contributed by atoms with Crippen LogP contribution in [0.15, 0.2) is 46.9 Å². The van der Waals surface area contributed by atoms with E-state index in [1.165, 1.54) is 10.0 Å². The summed E-state index contributed by atoms with van der Waals surface area (Å²) in [5, 5.41) is 4.25. The maximum absolute atomic E-state index is 6.23. The summed E-state index contributed by atoms with van der Waals surface area (Å²) in [5.74, 6) is 1.44. The van der Waals surface area contributed by atoms with Crippen molar-refractivity contribution in [1.29, 1.82) is 0 Å². The van der Waals surface area contributed by atoms with Gasteiger partial charge in [0.15, 0.2) is 0 Å². The summed E-state index contributed by atoms with van der Waals surface area (Å²) in [6.45, 7) is 0. The van der Waals surface area contributed by atoms with Crippen LogP contribution in [0.3, 0.4) is 0 Å². The molecule has 0 unspecified atom stereocenters. The van der Waals surface area contributed by atoms with Gasteiger partial charge in [-0.05, 0) is 42.5 Å². The van der Waals surface area contributed by atoms with E-state index in [0.29, 0.717) is 12.0 Å². The van der Waals surface area contributed by atoms with Crippen molar-refractivity contribution in [2.75, 3.05) is 12.4 Å². The second kappa shape index (κ2) is 6.29. The molecule has 0 atom stereocenters. The first-order valence-corrected chi connectivity index (χ1v) is 8.19. The molecule has 2 aromatic carbocycles. The third-order valence-electron chi connectivity index (χ3n) is 4.02. The minimum absolute atomic E-state index is 0.465. The first-order valence-electron chi connectivity index (χ1n) is 7.02. The van der Waals surface area contributed by atoms with Crippen molar-refractivity contribution in [3.63, 3.8) is 0 Å². The Morgan fingerprint density at radius 2 is 1.95 bits per heavy atom. The number of hydrogen-bond donors (Lipinski definition) is 1. The molecular weight excluding hydrogens is 350 g/mol. The summed E-state index contributed by atoms with van der Waals surface area (Å²) in [7, 11) is 1.67. The highest BCUT2D eigenvalue weighted by atomic mass is 79.9. The van der Waals surface area contributed by atoms with Gasteiger partial charge >= 0.3 is 0 Å². The third kappa shape index (κ3) is 3.19. The topological polar surface area (TPSA) is 21.3 Å². The van der Waals surface area contributed by atoms with Gasteiger partial charge in [0.05, 0.1) is 17.8 Å². The fourth-order valence-corrected chi connectivity index (χ4v) is 3.54. The molecule has 1 N–H and O–H groups in total. The summed E-state index contributed by atoms with van der Waals surface area (Å²) >= 11 is 9.86. The van der Waals surface area contributed by atoms with Crippen LogP contribution in [0.4, 0.5) is 5.69 Å². The van der Waals surface area contributed by atoms with Crippen molar-refractivity contribution >= 4 is 33.2 Å². The number of anilines is 1. The zero-order valence-electron chi connectivity index (χ0n) is 11.8. The highest BCUT2D eigenvalue weighted by Crippen LogP contribution is 2.42. The SMILES string of the molecule is COc1ccc(Cl)c(NC2CC(c3ccccc3Br)C2)c1. The minimum atomic E-state index is 0.465. The molecule has 3 rings (SSSR count). The molecule has 0 aliphatic heterocycles. The van der Waals surface area contributed by atoms with Crippen molar-refractivity contribution in [2.24, 2.45) is 0 Å². The molecule has 1 fully saturated rings. The average Bonchev–Trinajstić information content (AvgIpc) is 2.45. The number of benzene rings is 2. The number of halogens is 2. The number of methoxy groups -OCH3 is 1. The van der Waals surface area contributed by atoms with E-state index in [0.717, 1.165) is 29.3 Å². The van der Waals surface area contributed by atoms with Gasteiger partial charge in [0.25, 0.3) is 0 Å². The summed E-state index contributed by atoms with van der Waals surface area (Å²) in [6.07, 6.45) is 2.24. The van der Waals surface area contributed by atoms with Gasteiger partial charge in [-0.25, -0.2) is 0 Å². The second-order valence-corrected chi connectivity index (χ2v) is 6.64. The molecule has 1 aliphatic carbocycles. The Kier molecular flexibility index (Phi) is 4.41. The maximum atomic E-state index is 6.23. The molecule has 2 aromatic rings. The van der Waals surface area contributed by atoms with E-state index in [4.69, 9.17) is 16.3 Å².